The topological polar surface area (TPSA) is 56.6 Å². The molecule has 0 bridgehead atoms. The van der Waals surface area contributed by atoms with Crippen molar-refractivity contribution >= 4 is 16.9 Å². The summed E-state index contributed by atoms with van der Waals surface area (Å²) in [4.78, 5) is 18.6. The number of aryl methyl sites for hydroxylation is 2. The minimum Gasteiger partial charge on any atom is -0.493 e. The molecule has 0 aliphatic carbocycles. The van der Waals surface area contributed by atoms with Gasteiger partial charge in [-0.3, -0.25) is 4.79 Å². The number of halogens is 2. The second kappa shape index (κ2) is 7.02. The van der Waals surface area contributed by atoms with E-state index in [1.54, 1.807) is 26.2 Å². The van der Waals surface area contributed by atoms with E-state index in [1.165, 1.54) is 4.90 Å². The van der Waals surface area contributed by atoms with Crippen molar-refractivity contribution in [1.82, 2.24) is 14.5 Å². The molecule has 8 heteroatoms. The molecule has 1 aliphatic rings. The van der Waals surface area contributed by atoms with E-state index in [9.17, 15) is 13.6 Å². The molecule has 1 atom stereocenters. The Hall–Kier alpha value is -3.16. The first-order valence-corrected chi connectivity index (χ1v) is 9.23. The molecule has 2 heterocycles. The maximum Gasteiger partial charge on any atom is 0.253 e. The zero-order chi connectivity index (χ0) is 20.9. The number of nitrogens with zero attached hydrogens (tertiary/aromatic N) is 3. The van der Waals surface area contributed by atoms with Crippen LogP contribution in [0.25, 0.3) is 11.0 Å². The van der Waals surface area contributed by atoms with Gasteiger partial charge in [0, 0.05) is 45.3 Å². The van der Waals surface area contributed by atoms with Crippen LogP contribution in [0, 0.1) is 18.6 Å². The molecule has 0 fully saturated rings. The summed E-state index contributed by atoms with van der Waals surface area (Å²) in [6.07, 6.45) is -0.302. The number of fused-ring (bicyclic) bond motifs is 2. The molecule has 3 aromatic rings. The highest BCUT2D eigenvalue weighted by Gasteiger charge is 2.29. The molecule has 4 rings (SSSR count). The zero-order valence-electron chi connectivity index (χ0n) is 16.6. The molecule has 29 heavy (non-hydrogen) atoms. The van der Waals surface area contributed by atoms with Gasteiger partial charge in [0.15, 0.2) is 0 Å². The first kappa shape index (κ1) is 19.2. The van der Waals surface area contributed by atoms with E-state index in [0.29, 0.717) is 23.3 Å². The Bertz CT molecular complexity index is 1120. The predicted octanol–water partition coefficient (Wildman–Crippen LogP) is 3.76. The first-order chi connectivity index (χ1) is 13.8. The lowest BCUT2D eigenvalue weighted by Gasteiger charge is -2.27. The lowest BCUT2D eigenvalue weighted by Crippen LogP contribution is -2.22. The minimum atomic E-state index is -0.723. The molecule has 152 valence electrons. The highest BCUT2D eigenvalue weighted by molar-refractivity contribution is 5.99. The van der Waals surface area contributed by atoms with Crippen molar-refractivity contribution in [3.63, 3.8) is 0 Å². The summed E-state index contributed by atoms with van der Waals surface area (Å²) in [6.45, 7) is 2.12. The van der Waals surface area contributed by atoms with Gasteiger partial charge in [-0.1, -0.05) is 0 Å². The second-order valence-electron chi connectivity index (χ2n) is 7.30. The van der Waals surface area contributed by atoms with Crippen LogP contribution < -0.4 is 9.47 Å². The van der Waals surface area contributed by atoms with Crippen LogP contribution >= 0.6 is 0 Å². The van der Waals surface area contributed by atoms with Crippen LogP contribution in [-0.4, -0.2) is 41.1 Å². The first-order valence-electron chi connectivity index (χ1n) is 9.23. The summed E-state index contributed by atoms with van der Waals surface area (Å²) < 4.78 is 41.5. The Balaban J connectivity index is 1.83. The number of imidazole rings is 1. The monoisotopic (exact) mass is 401 g/mol. The number of rotatable bonds is 3. The Kier molecular flexibility index (Phi) is 4.64. The van der Waals surface area contributed by atoms with E-state index >= 15 is 0 Å². The highest BCUT2D eigenvalue weighted by atomic mass is 19.1. The fraction of sp³-hybridized carbons (Fsp3) is 0.333. The van der Waals surface area contributed by atoms with Gasteiger partial charge in [-0.2, -0.15) is 0 Å². The Morgan fingerprint density at radius 2 is 2.03 bits per heavy atom. The van der Waals surface area contributed by atoms with Gasteiger partial charge < -0.3 is 18.9 Å². The quantitative estimate of drug-likeness (QED) is 0.671. The molecule has 1 amide bonds. The molecular weight excluding hydrogens is 380 g/mol. The van der Waals surface area contributed by atoms with Crippen molar-refractivity contribution in [2.24, 2.45) is 7.05 Å². The number of hydrogen-bond donors (Lipinski definition) is 0. The standard InChI is InChI=1S/C21H21F2N3O3/c1-11-24-20-15(26(11)4)7-12(21(27)25(2)3)8-18(20)29-16-5-6-28-17-10-13(22)9-14(23)19(16)17/h7-10,16H,5-6H2,1-4H3. The molecule has 0 saturated carbocycles. The highest BCUT2D eigenvalue weighted by Crippen LogP contribution is 2.39. The number of aromatic nitrogens is 2. The summed E-state index contributed by atoms with van der Waals surface area (Å²) >= 11 is 0. The maximum absolute atomic E-state index is 14.5. The van der Waals surface area contributed by atoms with Gasteiger partial charge >= 0.3 is 0 Å². The number of carbonyl (C=O) groups excluding carboxylic acids is 1. The molecule has 0 spiro atoms. The molecule has 2 aromatic carbocycles. The molecule has 6 nitrogen and oxygen atoms in total. The maximum atomic E-state index is 14.5. The third kappa shape index (κ3) is 3.28. The van der Waals surface area contributed by atoms with E-state index < -0.39 is 17.7 Å². The summed E-state index contributed by atoms with van der Waals surface area (Å²) in [5.41, 5.74) is 1.92. The lowest BCUT2D eigenvalue weighted by molar-refractivity contribution is 0.0826. The normalized spacial score (nSPS) is 15.7. The van der Waals surface area contributed by atoms with Crippen LogP contribution in [0.4, 0.5) is 8.78 Å². The fourth-order valence-corrected chi connectivity index (χ4v) is 3.53. The van der Waals surface area contributed by atoms with Crippen LogP contribution in [0.2, 0.25) is 0 Å². The van der Waals surface area contributed by atoms with Gasteiger partial charge in [0.25, 0.3) is 5.91 Å². The summed E-state index contributed by atoms with van der Waals surface area (Å²) in [5.74, 6) is -0.358. The summed E-state index contributed by atoms with van der Waals surface area (Å²) in [6, 6.07) is 5.35. The van der Waals surface area contributed by atoms with Crippen molar-refractivity contribution < 1.29 is 23.0 Å². The van der Waals surface area contributed by atoms with Crippen LogP contribution in [0.15, 0.2) is 24.3 Å². The van der Waals surface area contributed by atoms with Crippen LogP contribution in [-0.2, 0) is 7.05 Å². The van der Waals surface area contributed by atoms with Gasteiger partial charge in [-0.15, -0.1) is 0 Å². The van der Waals surface area contributed by atoms with E-state index in [4.69, 9.17) is 9.47 Å². The third-order valence-electron chi connectivity index (χ3n) is 5.11. The lowest BCUT2D eigenvalue weighted by atomic mass is 10.0. The van der Waals surface area contributed by atoms with Gasteiger partial charge in [-0.05, 0) is 19.1 Å². The van der Waals surface area contributed by atoms with Gasteiger partial charge in [0.1, 0.15) is 40.6 Å². The minimum absolute atomic E-state index is 0.132. The van der Waals surface area contributed by atoms with Crippen molar-refractivity contribution in [2.75, 3.05) is 20.7 Å². The van der Waals surface area contributed by atoms with Crippen molar-refractivity contribution in [3.05, 3.63) is 52.9 Å². The summed E-state index contributed by atoms with van der Waals surface area (Å²) in [5, 5.41) is 0. The van der Waals surface area contributed by atoms with Crippen LogP contribution in [0.5, 0.6) is 11.5 Å². The van der Waals surface area contributed by atoms with Gasteiger partial charge in [0.05, 0.1) is 17.7 Å². The van der Waals surface area contributed by atoms with Gasteiger partial charge in [0.2, 0.25) is 0 Å². The molecule has 1 unspecified atom stereocenters. The molecule has 0 saturated heterocycles. The third-order valence-corrected chi connectivity index (χ3v) is 5.11. The van der Waals surface area contributed by atoms with E-state index in [2.05, 4.69) is 4.98 Å². The van der Waals surface area contributed by atoms with E-state index in [1.807, 2.05) is 18.5 Å². The average Bonchev–Trinajstić information content (AvgIpc) is 2.95. The number of carbonyl (C=O) groups is 1. The van der Waals surface area contributed by atoms with E-state index in [-0.39, 0.29) is 23.8 Å². The number of amides is 1. The Morgan fingerprint density at radius 3 is 2.76 bits per heavy atom. The molecule has 1 aliphatic heterocycles. The zero-order valence-corrected chi connectivity index (χ0v) is 16.6. The predicted molar refractivity (Wildman–Crippen MR) is 103 cm³/mol. The average molecular weight is 401 g/mol. The van der Waals surface area contributed by atoms with Gasteiger partial charge in [-0.25, -0.2) is 13.8 Å². The summed E-state index contributed by atoms with van der Waals surface area (Å²) in [7, 11) is 5.19. The molecule has 0 radical (unpaired) electrons. The van der Waals surface area contributed by atoms with Crippen molar-refractivity contribution in [3.8, 4) is 11.5 Å². The molecule has 1 aromatic heterocycles. The second-order valence-corrected chi connectivity index (χ2v) is 7.30. The van der Waals surface area contributed by atoms with Crippen molar-refractivity contribution in [1.29, 1.82) is 0 Å². The van der Waals surface area contributed by atoms with Crippen LogP contribution in [0.1, 0.15) is 34.3 Å². The van der Waals surface area contributed by atoms with E-state index in [0.717, 1.165) is 23.5 Å². The van der Waals surface area contributed by atoms with Crippen LogP contribution in [0.3, 0.4) is 0 Å². The number of ether oxygens (including phenoxy) is 2. The number of hydrogen-bond acceptors (Lipinski definition) is 4. The SMILES string of the molecule is Cc1nc2c(OC3CCOc4cc(F)cc(F)c43)cc(C(=O)N(C)C)cc2n1C. The molecule has 0 N–H and O–H groups in total. The molecular formula is C21H21F2N3O3. The number of benzene rings is 2. The fourth-order valence-electron chi connectivity index (χ4n) is 3.53. The Morgan fingerprint density at radius 1 is 1.28 bits per heavy atom. The smallest absolute Gasteiger partial charge is 0.253 e. The Labute approximate surface area is 166 Å². The largest absolute Gasteiger partial charge is 0.493 e. The van der Waals surface area contributed by atoms with Crippen molar-refractivity contribution in [2.45, 2.75) is 19.4 Å².